The van der Waals surface area contributed by atoms with Crippen molar-refractivity contribution in [3.8, 4) is 0 Å². The monoisotopic (exact) mass is 272 g/mol. The Bertz CT molecular complexity index is 594. The minimum Gasteiger partial charge on any atom is -0.384 e. The van der Waals surface area contributed by atoms with E-state index in [1.54, 1.807) is 12.1 Å². The molecule has 1 aliphatic heterocycles. The lowest BCUT2D eigenvalue weighted by Gasteiger charge is -2.36. The number of nitrogen functional groups attached to an aromatic ring is 1. The Labute approximate surface area is 117 Å². The highest BCUT2D eigenvalue weighted by atomic mass is 19.1. The largest absolute Gasteiger partial charge is 0.384 e. The molecule has 0 bridgehead atoms. The molecule has 1 fully saturated rings. The van der Waals surface area contributed by atoms with Crippen molar-refractivity contribution in [3.05, 3.63) is 48.3 Å². The molecular weight excluding hydrogens is 255 g/mol. The van der Waals surface area contributed by atoms with Gasteiger partial charge in [-0.25, -0.2) is 9.37 Å². The third kappa shape index (κ3) is 2.52. The first-order valence-corrected chi connectivity index (χ1v) is 6.71. The second-order valence-corrected chi connectivity index (χ2v) is 4.85. The van der Waals surface area contributed by atoms with Crippen molar-refractivity contribution in [2.45, 2.75) is 0 Å². The van der Waals surface area contributed by atoms with E-state index in [1.165, 1.54) is 6.07 Å². The molecule has 2 aromatic rings. The zero-order valence-corrected chi connectivity index (χ0v) is 11.2. The summed E-state index contributed by atoms with van der Waals surface area (Å²) in [5.41, 5.74) is 6.38. The van der Waals surface area contributed by atoms with Crippen molar-refractivity contribution < 1.29 is 4.39 Å². The predicted molar refractivity (Wildman–Crippen MR) is 79.5 cm³/mol. The van der Waals surface area contributed by atoms with Crippen molar-refractivity contribution in [2.75, 3.05) is 41.7 Å². The van der Waals surface area contributed by atoms with Crippen molar-refractivity contribution in [1.29, 1.82) is 0 Å². The summed E-state index contributed by atoms with van der Waals surface area (Å²) in [6, 6.07) is 12.5. The van der Waals surface area contributed by atoms with E-state index in [1.807, 2.05) is 24.3 Å². The fourth-order valence-corrected chi connectivity index (χ4v) is 2.50. The van der Waals surface area contributed by atoms with Crippen LogP contribution in [0.1, 0.15) is 0 Å². The molecule has 0 saturated carbocycles. The number of anilines is 3. The smallest absolute Gasteiger partial charge is 0.146 e. The summed E-state index contributed by atoms with van der Waals surface area (Å²) >= 11 is 0. The van der Waals surface area contributed by atoms with Crippen LogP contribution in [-0.2, 0) is 0 Å². The van der Waals surface area contributed by atoms with Crippen LogP contribution in [-0.4, -0.2) is 31.2 Å². The van der Waals surface area contributed by atoms with Gasteiger partial charge in [-0.2, -0.15) is 0 Å². The molecule has 20 heavy (non-hydrogen) atoms. The molecule has 0 amide bonds. The van der Waals surface area contributed by atoms with E-state index < -0.39 is 0 Å². The van der Waals surface area contributed by atoms with Crippen LogP contribution in [0.5, 0.6) is 0 Å². The normalized spacial score (nSPS) is 15.4. The summed E-state index contributed by atoms with van der Waals surface area (Å²) in [6.07, 6.45) is 0. The number of halogens is 1. The lowest BCUT2D eigenvalue weighted by atomic mass is 10.2. The van der Waals surface area contributed by atoms with Gasteiger partial charge in [0, 0.05) is 26.2 Å². The molecule has 0 aliphatic carbocycles. The number of hydrogen-bond acceptors (Lipinski definition) is 4. The molecule has 104 valence electrons. The van der Waals surface area contributed by atoms with Gasteiger partial charge < -0.3 is 15.5 Å². The predicted octanol–water partition coefficient (Wildman–Crippen LogP) is 2.13. The van der Waals surface area contributed by atoms with Gasteiger partial charge in [0.2, 0.25) is 0 Å². The summed E-state index contributed by atoms with van der Waals surface area (Å²) in [6.45, 7) is 3.17. The lowest BCUT2D eigenvalue weighted by molar-refractivity contribution is 0.596. The van der Waals surface area contributed by atoms with Crippen molar-refractivity contribution in [3.63, 3.8) is 0 Å². The second-order valence-electron chi connectivity index (χ2n) is 4.85. The van der Waals surface area contributed by atoms with Gasteiger partial charge in [0.1, 0.15) is 17.5 Å². The van der Waals surface area contributed by atoms with Gasteiger partial charge in [-0.05, 0) is 24.3 Å². The van der Waals surface area contributed by atoms with E-state index in [-0.39, 0.29) is 5.82 Å². The fourth-order valence-electron chi connectivity index (χ4n) is 2.50. The van der Waals surface area contributed by atoms with Crippen LogP contribution in [0.15, 0.2) is 42.5 Å². The highest BCUT2D eigenvalue weighted by molar-refractivity contribution is 5.51. The molecular formula is C15H17FN4. The van der Waals surface area contributed by atoms with Crippen molar-refractivity contribution in [2.24, 2.45) is 0 Å². The number of benzene rings is 1. The van der Waals surface area contributed by atoms with Crippen LogP contribution in [0.3, 0.4) is 0 Å². The first-order chi connectivity index (χ1) is 9.74. The summed E-state index contributed by atoms with van der Waals surface area (Å²) in [5.74, 6) is 1.25. The Morgan fingerprint density at radius 3 is 2.30 bits per heavy atom. The second kappa shape index (κ2) is 5.36. The Kier molecular flexibility index (Phi) is 3.41. The number of aromatic nitrogens is 1. The number of para-hydroxylation sites is 1. The molecule has 2 heterocycles. The lowest BCUT2D eigenvalue weighted by Crippen LogP contribution is -2.47. The van der Waals surface area contributed by atoms with Crippen molar-refractivity contribution >= 4 is 17.3 Å². The van der Waals surface area contributed by atoms with E-state index in [4.69, 9.17) is 5.73 Å². The van der Waals surface area contributed by atoms with Gasteiger partial charge >= 0.3 is 0 Å². The molecule has 0 radical (unpaired) electrons. The molecule has 1 saturated heterocycles. The Hall–Kier alpha value is -2.30. The van der Waals surface area contributed by atoms with Crippen LogP contribution >= 0.6 is 0 Å². The third-order valence-corrected chi connectivity index (χ3v) is 3.55. The van der Waals surface area contributed by atoms with Gasteiger partial charge in [-0.1, -0.05) is 18.2 Å². The van der Waals surface area contributed by atoms with Crippen molar-refractivity contribution in [1.82, 2.24) is 4.98 Å². The molecule has 4 nitrogen and oxygen atoms in total. The standard InChI is InChI=1S/C15H17FN4/c16-12-4-1-2-5-13(12)19-8-10-20(11-9-19)15-7-3-6-14(17)18-15/h1-7H,8-11H2,(H2,17,18). The average molecular weight is 272 g/mol. The number of piperazine rings is 1. The number of nitrogens with two attached hydrogens (primary N) is 1. The Balaban J connectivity index is 1.70. The number of pyridine rings is 1. The zero-order chi connectivity index (χ0) is 13.9. The van der Waals surface area contributed by atoms with E-state index in [9.17, 15) is 4.39 Å². The molecule has 0 unspecified atom stereocenters. The van der Waals surface area contributed by atoms with Crippen LogP contribution in [0, 0.1) is 5.82 Å². The quantitative estimate of drug-likeness (QED) is 0.909. The van der Waals surface area contributed by atoms with Gasteiger partial charge in [0.25, 0.3) is 0 Å². The fraction of sp³-hybridized carbons (Fsp3) is 0.267. The zero-order valence-electron chi connectivity index (χ0n) is 11.2. The minimum atomic E-state index is -0.164. The SMILES string of the molecule is Nc1cccc(N2CCN(c3ccccc3F)CC2)n1. The molecule has 1 aromatic heterocycles. The topological polar surface area (TPSA) is 45.4 Å². The minimum absolute atomic E-state index is 0.164. The number of nitrogens with zero attached hydrogens (tertiary/aromatic N) is 3. The number of hydrogen-bond donors (Lipinski definition) is 1. The first kappa shape index (κ1) is 12.7. The summed E-state index contributed by atoms with van der Waals surface area (Å²) in [5, 5.41) is 0. The Morgan fingerprint density at radius 1 is 0.900 bits per heavy atom. The van der Waals surface area contributed by atoms with E-state index in [0.29, 0.717) is 11.5 Å². The highest BCUT2D eigenvalue weighted by Crippen LogP contribution is 2.22. The highest BCUT2D eigenvalue weighted by Gasteiger charge is 2.20. The van der Waals surface area contributed by atoms with Gasteiger partial charge in [-0.15, -0.1) is 0 Å². The Morgan fingerprint density at radius 2 is 1.60 bits per heavy atom. The molecule has 5 heteroatoms. The molecule has 3 rings (SSSR count). The summed E-state index contributed by atoms with van der Waals surface area (Å²) in [7, 11) is 0. The van der Waals surface area contributed by atoms with E-state index >= 15 is 0 Å². The van der Waals surface area contributed by atoms with Crippen LogP contribution in [0.25, 0.3) is 0 Å². The maximum atomic E-state index is 13.8. The molecule has 0 atom stereocenters. The first-order valence-electron chi connectivity index (χ1n) is 6.71. The molecule has 2 N–H and O–H groups in total. The maximum Gasteiger partial charge on any atom is 0.146 e. The summed E-state index contributed by atoms with van der Waals surface area (Å²) in [4.78, 5) is 8.57. The van der Waals surface area contributed by atoms with Gasteiger partial charge in [0.05, 0.1) is 5.69 Å². The van der Waals surface area contributed by atoms with Crippen LogP contribution in [0.2, 0.25) is 0 Å². The van der Waals surface area contributed by atoms with Gasteiger partial charge in [-0.3, -0.25) is 0 Å². The summed E-state index contributed by atoms with van der Waals surface area (Å²) < 4.78 is 13.8. The third-order valence-electron chi connectivity index (χ3n) is 3.55. The van der Waals surface area contributed by atoms with Crippen LogP contribution < -0.4 is 15.5 Å². The van der Waals surface area contributed by atoms with E-state index in [2.05, 4.69) is 14.8 Å². The van der Waals surface area contributed by atoms with Crippen LogP contribution in [0.4, 0.5) is 21.7 Å². The van der Waals surface area contributed by atoms with Gasteiger partial charge in [0.15, 0.2) is 0 Å². The van der Waals surface area contributed by atoms with E-state index in [0.717, 1.165) is 32.0 Å². The maximum absolute atomic E-state index is 13.8. The average Bonchev–Trinajstić information content (AvgIpc) is 2.48. The molecule has 1 aromatic carbocycles. The number of rotatable bonds is 2. The molecule has 1 aliphatic rings. The molecule has 0 spiro atoms.